The van der Waals surface area contributed by atoms with Crippen LogP contribution in [0, 0.1) is 6.92 Å². The van der Waals surface area contributed by atoms with Gasteiger partial charge in [-0.1, -0.05) is 23.2 Å². The zero-order chi connectivity index (χ0) is 13.4. The van der Waals surface area contributed by atoms with E-state index in [1.54, 1.807) is 0 Å². The summed E-state index contributed by atoms with van der Waals surface area (Å²) in [5.74, 6) is 0. The fraction of sp³-hybridized carbons (Fsp3) is 0.600. The van der Waals surface area contributed by atoms with E-state index in [2.05, 4.69) is 10.2 Å². The number of aryl methyl sites for hydroxylation is 1. The van der Waals surface area contributed by atoms with Crippen LogP contribution in [0.15, 0.2) is 12.1 Å². The Morgan fingerprint density at radius 3 is 2.63 bits per heavy atom. The maximum Gasteiger partial charge on any atom is 0.0643 e. The van der Waals surface area contributed by atoms with E-state index in [0.717, 1.165) is 40.4 Å². The summed E-state index contributed by atoms with van der Waals surface area (Å²) in [5.41, 5.74) is 2.12. The van der Waals surface area contributed by atoms with Crippen LogP contribution >= 0.6 is 23.2 Å². The second-order valence-electron chi connectivity index (χ2n) is 5.78. The number of nitrogens with zero attached hydrogens (tertiary/aromatic N) is 1. The summed E-state index contributed by atoms with van der Waals surface area (Å²) in [4.78, 5) is 2.37. The van der Waals surface area contributed by atoms with Gasteiger partial charge in [0, 0.05) is 30.2 Å². The predicted molar refractivity (Wildman–Crippen MR) is 82.6 cm³/mol. The van der Waals surface area contributed by atoms with Gasteiger partial charge in [0.05, 0.1) is 10.7 Å². The number of anilines is 1. The summed E-state index contributed by atoms with van der Waals surface area (Å²) in [7, 11) is 0. The van der Waals surface area contributed by atoms with Crippen LogP contribution in [0.1, 0.15) is 31.2 Å². The summed E-state index contributed by atoms with van der Waals surface area (Å²) < 4.78 is 0. The molecule has 0 bridgehead atoms. The summed E-state index contributed by atoms with van der Waals surface area (Å²) in [6, 6.07) is 5.34. The van der Waals surface area contributed by atoms with Crippen molar-refractivity contribution in [1.29, 1.82) is 0 Å². The molecule has 1 aliphatic heterocycles. The Labute approximate surface area is 125 Å². The third-order valence-corrected chi connectivity index (χ3v) is 4.75. The van der Waals surface area contributed by atoms with E-state index in [-0.39, 0.29) is 0 Å². The lowest BCUT2D eigenvalue weighted by molar-refractivity contribution is 0.420. The van der Waals surface area contributed by atoms with Gasteiger partial charge in [0.25, 0.3) is 0 Å². The zero-order valence-electron chi connectivity index (χ0n) is 11.3. The van der Waals surface area contributed by atoms with Crippen LogP contribution in [0.25, 0.3) is 0 Å². The van der Waals surface area contributed by atoms with Crippen LogP contribution in [0.4, 0.5) is 5.69 Å². The molecule has 1 N–H and O–H groups in total. The number of benzene rings is 1. The normalized spacial score (nSPS) is 23.7. The Hall–Kier alpha value is -0.440. The molecule has 0 radical (unpaired) electrons. The van der Waals surface area contributed by atoms with Gasteiger partial charge < -0.3 is 10.2 Å². The second kappa shape index (κ2) is 5.51. The molecular formula is C15H20Cl2N2. The Morgan fingerprint density at radius 1 is 1.11 bits per heavy atom. The van der Waals surface area contributed by atoms with Gasteiger partial charge in [-0.2, -0.15) is 0 Å². The van der Waals surface area contributed by atoms with Crippen molar-refractivity contribution in [2.24, 2.45) is 0 Å². The first kappa shape index (κ1) is 13.5. The average Bonchev–Trinajstić information content (AvgIpc) is 3.18. The topological polar surface area (TPSA) is 15.3 Å². The van der Waals surface area contributed by atoms with Crippen molar-refractivity contribution in [1.82, 2.24) is 5.32 Å². The van der Waals surface area contributed by atoms with Crippen molar-refractivity contribution in [2.45, 2.75) is 44.7 Å². The van der Waals surface area contributed by atoms with Gasteiger partial charge in [-0.05, 0) is 50.3 Å². The van der Waals surface area contributed by atoms with Crippen LogP contribution in [-0.2, 0) is 0 Å². The van der Waals surface area contributed by atoms with Gasteiger partial charge in [0.2, 0.25) is 0 Å². The molecule has 19 heavy (non-hydrogen) atoms. The molecule has 2 aliphatic rings. The van der Waals surface area contributed by atoms with E-state index >= 15 is 0 Å². The number of piperidine rings is 1. The minimum absolute atomic E-state index is 0.595. The number of hydrogen-bond donors (Lipinski definition) is 1. The fourth-order valence-corrected chi connectivity index (χ4v) is 3.29. The van der Waals surface area contributed by atoms with E-state index in [9.17, 15) is 0 Å². The molecule has 1 saturated carbocycles. The van der Waals surface area contributed by atoms with Crippen molar-refractivity contribution in [3.8, 4) is 0 Å². The molecule has 1 atom stereocenters. The molecule has 0 spiro atoms. The third-order valence-electron chi connectivity index (χ3n) is 4.04. The zero-order valence-corrected chi connectivity index (χ0v) is 12.8. The van der Waals surface area contributed by atoms with Crippen LogP contribution in [0.2, 0.25) is 10.0 Å². The van der Waals surface area contributed by atoms with E-state index < -0.39 is 0 Å². The molecule has 1 aromatic rings. The lowest BCUT2D eigenvalue weighted by Gasteiger charge is -2.35. The highest BCUT2D eigenvalue weighted by Gasteiger charge is 2.28. The smallest absolute Gasteiger partial charge is 0.0643 e. The molecule has 3 rings (SSSR count). The summed E-state index contributed by atoms with van der Waals surface area (Å²) in [6.07, 6.45) is 5.16. The molecule has 2 fully saturated rings. The first-order valence-corrected chi connectivity index (χ1v) is 7.85. The van der Waals surface area contributed by atoms with Gasteiger partial charge in [0.1, 0.15) is 0 Å². The van der Waals surface area contributed by atoms with Crippen LogP contribution < -0.4 is 10.2 Å². The van der Waals surface area contributed by atoms with E-state index in [1.165, 1.54) is 25.7 Å². The molecular weight excluding hydrogens is 279 g/mol. The summed E-state index contributed by atoms with van der Waals surface area (Å²) in [5, 5.41) is 5.34. The lowest BCUT2D eigenvalue weighted by Crippen LogP contribution is -2.46. The van der Waals surface area contributed by atoms with Crippen LogP contribution in [-0.4, -0.2) is 25.2 Å². The summed E-state index contributed by atoms with van der Waals surface area (Å²) >= 11 is 12.6. The van der Waals surface area contributed by atoms with Crippen molar-refractivity contribution < 1.29 is 0 Å². The Kier molecular flexibility index (Phi) is 3.93. The molecule has 0 amide bonds. The lowest BCUT2D eigenvalue weighted by atomic mass is 10.0. The Morgan fingerprint density at radius 2 is 1.89 bits per heavy atom. The Bertz CT molecular complexity index is 471. The highest BCUT2D eigenvalue weighted by molar-refractivity contribution is 6.35. The largest absolute Gasteiger partial charge is 0.369 e. The standard InChI is InChI=1S/C15H20Cl2N2/c1-10-7-14(17)15(8-13(10)16)19-6-2-3-12(9-19)18-11-4-5-11/h7-8,11-12,18H,2-6,9H2,1H3. The van der Waals surface area contributed by atoms with Gasteiger partial charge in [-0.25, -0.2) is 0 Å². The van der Waals surface area contributed by atoms with E-state index in [1.807, 2.05) is 19.1 Å². The molecule has 0 aromatic heterocycles. The molecule has 2 nitrogen and oxygen atoms in total. The minimum Gasteiger partial charge on any atom is -0.369 e. The Balaban J connectivity index is 1.75. The van der Waals surface area contributed by atoms with Crippen molar-refractivity contribution >= 4 is 28.9 Å². The van der Waals surface area contributed by atoms with E-state index in [0.29, 0.717) is 6.04 Å². The number of halogens is 2. The third kappa shape index (κ3) is 3.18. The molecule has 1 saturated heterocycles. The van der Waals surface area contributed by atoms with Crippen LogP contribution in [0.3, 0.4) is 0 Å². The molecule has 104 valence electrons. The van der Waals surface area contributed by atoms with E-state index in [4.69, 9.17) is 23.2 Å². The van der Waals surface area contributed by atoms with Crippen molar-refractivity contribution in [2.75, 3.05) is 18.0 Å². The van der Waals surface area contributed by atoms with Gasteiger partial charge >= 0.3 is 0 Å². The maximum absolute atomic E-state index is 6.38. The number of hydrogen-bond acceptors (Lipinski definition) is 2. The fourth-order valence-electron chi connectivity index (χ4n) is 2.79. The molecule has 1 aromatic carbocycles. The maximum atomic E-state index is 6.38. The molecule has 4 heteroatoms. The highest BCUT2D eigenvalue weighted by Crippen LogP contribution is 2.33. The average molecular weight is 299 g/mol. The van der Waals surface area contributed by atoms with Crippen molar-refractivity contribution in [3.63, 3.8) is 0 Å². The quantitative estimate of drug-likeness (QED) is 0.906. The van der Waals surface area contributed by atoms with Gasteiger partial charge in [-0.3, -0.25) is 0 Å². The predicted octanol–water partition coefficient (Wildman–Crippen LogP) is 4.02. The molecule has 1 aliphatic carbocycles. The number of rotatable bonds is 3. The SMILES string of the molecule is Cc1cc(Cl)c(N2CCCC(NC3CC3)C2)cc1Cl. The first-order valence-electron chi connectivity index (χ1n) is 7.10. The molecule has 1 heterocycles. The van der Waals surface area contributed by atoms with Crippen LogP contribution in [0.5, 0.6) is 0 Å². The number of nitrogens with one attached hydrogen (secondary N) is 1. The van der Waals surface area contributed by atoms with Gasteiger partial charge in [0.15, 0.2) is 0 Å². The molecule has 1 unspecified atom stereocenters. The minimum atomic E-state index is 0.595. The van der Waals surface area contributed by atoms with Crippen molar-refractivity contribution in [3.05, 3.63) is 27.7 Å². The highest BCUT2D eigenvalue weighted by atomic mass is 35.5. The summed E-state index contributed by atoms with van der Waals surface area (Å²) in [6.45, 7) is 4.10. The second-order valence-corrected chi connectivity index (χ2v) is 6.59. The monoisotopic (exact) mass is 298 g/mol. The first-order chi connectivity index (χ1) is 9.13. The van der Waals surface area contributed by atoms with Gasteiger partial charge in [-0.15, -0.1) is 0 Å².